The Labute approximate surface area is 125 Å². The first-order valence-electron chi connectivity index (χ1n) is 8.59. The summed E-state index contributed by atoms with van der Waals surface area (Å²) < 4.78 is 5.47. The van der Waals surface area contributed by atoms with Crippen LogP contribution in [0.1, 0.15) is 52.4 Å². The Kier molecular flexibility index (Phi) is 6.31. The molecule has 2 aliphatic rings. The van der Waals surface area contributed by atoms with Gasteiger partial charge in [0.05, 0.1) is 0 Å². The second kappa shape index (κ2) is 7.77. The molecule has 1 saturated carbocycles. The van der Waals surface area contributed by atoms with Crippen molar-refractivity contribution >= 4 is 0 Å². The standard InChI is InChI=1S/C17H34N2O/c1-15(2)18-13-17(8-4-5-9-17)14-19(3)12-16-6-10-20-11-7-16/h15-16,18H,4-14H2,1-3H3. The lowest BCUT2D eigenvalue weighted by molar-refractivity contribution is 0.0493. The molecule has 1 aliphatic heterocycles. The Morgan fingerprint density at radius 3 is 2.45 bits per heavy atom. The fourth-order valence-corrected chi connectivity index (χ4v) is 3.94. The summed E-state index contributed by atoms with van der Waals surface area (Å²) in [6.07, 6.45) is 8.16. The van der Waals surface area contributed by atoms with Crippen molar-refractivity contribution in [3.05, 3.63) is 0 Å². The van der Waals surface area contributed by atoms with Gasteiger partial charge in [-0.15, -0.1) is 0 Å². The highest BCUT2D eigenvalue weighted by Gasteiger charge is 2.35. The van der Waals surface area contributed by atoms with Gasteiger partial charge in [-0.3, -0.25) is 0 Å². The van der Waals surface area contributed by atoms with Gasteiger partial charge in [0.25, 0.3) is 0 Å². The highest BCUT2D eigenvalue weighted by atomic mass is 16.5. The van der Waals surface area contributed by atoms with Crippen molar-refractivity contribution in [2.24, 2.45) is 11.3 Å². The Balaban J connectivity index is 1.80. The van der Waals surface area contributed by atoms with Crippen molar-refractivity contribution in [3.63, 3.8) is 0 Å². The van der Waals surface area contributed by atoms with E-state index in [1.165, 1.54) is 58.2 Å². The summed E-state index contributed by atoms with van der Waals surface area (Å²) in [5, 5.41) is 3.69. The minimum absolute atomic E-state index is 0.532. The second-order valence-corrected chi connectivity index (χ2v) is 7.50. The van der Waals surface area contributed by atoms with Crippen molar-refractivity contribution < 1.29 is 4.74 Å². The number of nitrogens with one attached hydrogen (secondary N) is 1. The molecule has 20 heavy (non-hydrogen) atoms. The van der Waals surface area contributed by atoms with Gasteiger partial charge >= 0.3 is 0 Å². The maximum absolute atomic E-state index is 5.47. The van der Waals surface area contributed by atoms with Crippen LogP contribution in [0.5, 0.6) is 0 Å². The molecule has 2 rings (SSSR count). The van der Waals surface area contributed by atoms with Gasteiger partial charge in [-0.05, 0) is 44.1 Å². The summed E-state index contributed by atoms with van der Waals surface area (Å²) in [6, 6.07) is 0.605. The van der Waals surface area contributed by atoms with Gasteiger partial charge in [-0.2, -0.15) is 0 Å². The SMILES string of the molecule is CC(C)NCC1(CN(C)CC2CCOCC2)CCCC1. The Bertz CT molecular complexity index is 268. The first-order chi connectivity index (χ1) is 9.60. The van der Waals surface area contributed by atoms with Crippen molar-refractivity contribution in [1.29, 1.82) is 0 Å². The van der Waals surface area contributed by atoms with Gasteiger partial charge in [0.1, 0.15) is 0 Å². The molecule has 1 saturated heterocycles. The average molecular weight is 282 g/mol. The van der Waals surface area contributed by atoms with Crippen LogP contribution in [0.15, 0.2) is 0 Å². The number of hydrogen-bond acceptors (Lipinski definition) is 3. The molecule has 0 aromatic carbocycles. The molecule has 0 aromatic rings. The third-order valence-corrected chi connectivity index (χ3v) is 5.07. The van der Waals surface area contributed by atoms with Crippen molar-refractivity contribution in [1.82, 2.24) is 10.2 Å². The molecule has 0 radical (unpaired) electrons. The quantitative estimate of drug-likeness (QED) is 0.777. The molecule has 1 heterocycles. The zero-order chi connectivity index (χ0) is 14.4. The maximum atomic E-state index is 5.47. The van der Waals surface area contributed by atoms with E-state index in [1.54, 1.807) is 0 Å². The molecule has 118 valence electrons. The highest BCUT2D eigenvalue weighted by molar-refractivity contribution is 4.89. The monoisotopic (exact) mass is 282 g/mol. The lowest BCUT2D eigenvalue weighted by Gasteiger charge is -2.36. The zero-order valence-corrected chi connectivity index (χ0v) is 13.8. The first-order valence-corrected chi connectivity index (χ1v) is 8.59. The minimum atomic E-state index is 0.532. The summed E-state index contributed by atoms with van der Waals surface area (Å²) in [5.74, 6) is 0.852. The van der Waals surface area contributed by atoms with Gasteiger partial charge in [0.15, 0.2) is 0 Å². The third-order valence-electron chi connectivity index (χ3n) is 5.07. The molecule has 2 fully saturated rings. The van der Waals surface area contributed by atoms with Crippen LogP contribution in [0.4, 0.5) is 0 Å². The lowest BCUT2D eigenvalue weighted by atomic mass is 9.84. The number of nitrogens with zero attached hydrogens (tertiary/aromatic N) is 1. The molecular formula is C17H34N2O. The van der Waals surface area contributed by atoms with Gasteiger partial charge < -0.3 is 15.0 Å². The van der Waals surface area contributed by atoms with Crippen LogP contribution < -0.4 is 5.32 Å². The second-order valence-electron chi connectivity index (χ2n) is 7.50. The number of ether oxygens (including phenoxy) is 1. The summed E-state index contributed by atoms with van der Waals surface area (Å²) >= 11 is 0. The Morgan fingerprint density at radius 2 is 1.85 bits per heavy atom. The van der Waals surface area contributed by atoms with E-state index in [2.05, 4.69) is 31.1 Å². The fraction of sp³-hybridized carbons (Fsp3) is 1.00. The number of rotatable bonds is 7. The first kappa shape index (κ1) is 16.3. The van der Waals surface area contributed by atoms with E-state index < -0.39 is 0 Å². The maximum Gasteiger partial charge on any atom is 0.0469 e. The predicted octanol–water partition coefficient (Wildman–Crippen LogP) is 2.90. The molecule has 0 amide bonds. The van der Waals surface area contributed by atoms with Gasteiger partial charge in [0.2, 0.25) is 0 Å². The molecule has 3 nitrogen and oxygen atoms in total. The summed E-state index contributed by atoms with van der Waals surface area (Å²) in [4.78, 5) is 2.60. The van der Waals surface area contributed by atoms with E-state index in [0.29, 0.717) is 11.5 Å². The molecule has 0 atom stereocenters. The molecule has 0 unspecified atom stereocenters. The van der Waals surface area contributed by atoms with Crippen LogP contribution in [0.2, 0.25) is 0 Å². The summed E-state index contributed by atoms with van der Waals surface area (Å²) in [6.45, 7) is 10.2. The zero-order valence-electron chi connectivity index (χ0n) is 13.8. The third kappa shape index (κ3) is 5.01. The molecule has 3 heteroatoms. The summed E-state index contributed by atoms with van der Waals surface area (Å²) in [7, 11) is 2.32. The normalized spacial score (nSPS) is 23.9. The minimum Gasteiger partial charge on any atom is -0.381 e. The van der Waals surface area contributed by atoms with Gasteiger partial charge in [-0.25, -0.2) is 0 Å². The predicted molar refractivity (Wildman–Crippen MR) is 85.1 cm³/mol. The topological polar surface area (TPSA) is 24.5 Å². The van der Waals surface area contributed by atoms with Crippen LogP contribution in [-0.2, 0) is 4.74 Å². The highest BCUT2D eigenvalue weighted by Crippen LogP contribution is 2.38. The Morgan fingerprint density at radius 1 is 1.20 bits per heavy atom. The molecule has 1 N–H and O–H groups in total. The van der Waals surface area contributed by atoms with Crippen molar-refractivity contribution in [2.45, 2.75) is 58.4 Å². The van der Waals surface area contributed by atoms with Gasteiger partial charge in [0, 0.05) is 38.9 Å². The Hall–Kier alpha value is -0.120. The van der Waals surface area contributed by atoms with Crippen LogP contribution in [0, 0.1) is 11.3 Å². The molecule has 1 aliphatic carbocycles. The fourth-order valence-electron chi connectivity index (χ4n) is 3.94. The largest absolute Gasteiger partial charge is 0.381 e. The van der Waals surface area contributed by atoms with Crippen LogP contribution in [0.25, 0.3) is 0 Å². The van der Waals surface area contributed by atoms with Crippen LogP contribution >= 0.6 is 0 Å². The van der Waals surface area contributed by atoms with Gasteiger partial charge in [-0.1, -0.05) is 26.7 Å². The van der Waals surface area contributed by atoms with Crippen molar-refractivity contribution in [3.8, 4) is 0 Å². The molecular weight excluding hydrogens is 248 g/mol. The van der Waals surface area contributed by atoms with E-state index in [4.69, 9.17) is 4.74 Å². The average Bonchev–Trinajstić information content (AvgIpc) is 2.86. The number of hydrogen-bond donors (Lipinski definition) is 1. The van der Waals surface area contributed by atoms with Crippen LogP contribution in [-0.4, -0.2) is 50.8 Å². The van der Waals surface area contributed by atoms with Crippen LogP contribution in [0.3, 0.4) is 0 Å². The smallest absolute Gasteiger partial charge is 0.0469 e. The molecule has 0 aromatic heterocycles. The molecule has 0 bridgehead atoms. The van der Waals surface area contributed by atoms with Crippen molar-refractivity contribution in [2.75, 3.05) is 39.9 Å². The molecule has 0 spiro atoms. The van der Waals surface area contributed by atoms with E-state index in [9.17, 15) is 0 Å². The van der Waals surface area contributed by atoms with E-state index in [1.807, 2.05) is 0 Å². The lowest BCUT2D eigenvalue weighted by Crippen LogP contribution is -2.44. The van der Waals surface area contributed by atoms with E-state index >= 15 is 0 Å². The van der Waals surface area contributed by atoms with E-state index in [0.717, 1.165) is 19.1 Å². The van der Waals surface area contributed by atoms with E-state index in [-0.39, 0.29) is 0 Å². The summed E-state index contributed by atoms with van der Waals surface area (Å²) in [5.41, 5.74) is 0.532.